The van der Waals surface area contributed by atoms with Crippen molar-refractivity contribution in [1.29, 1.82) is 0 Å². The van der Waals surface area contributed by atoms with Crippen molar-refractivity contribution >= 4 is 15.5 Å². The van der Waals surface area contributed by atoms with Gasteiger partial charge in [-0.25, -0.2) is 8.42 Å². The Bertz CT molecular complexity index is 571. The van der Waals surface area contributed by atoms with Crippen molar-refractivity contribution in [3.63, 3.8) is 0 Å². The van der Waals surface area contributed by atoms with Gasteiger partial charge < -0.3 is 10.4 Å². The van der Waals surface area contributed by atoms with E-state index in [-0.39, 0.29) is 17.2 Å². The van der Waals surface area contributed by atoms with Crippen molar-refractivity contribution in [3.8, 4) is 0 Å². The Hall–Kier alpha value is -1.28. The molecule has 0 aliphatic carbocycles. The third-order valence-electron chi connectivity index (χ3n) is 2.86. The Morgan fingerprint density at radius 2 is 1.95 bits per heavy atom. The number of anilines is 1. The average Bonchev–Trinajstić information content (AvgIpc) is 2.51. The number of sulfone groups is 1. The molecule has 0 radical (unpaired) electrons. The number of benzene rings is 1. The monoisotopic (exact) mass is 295 g/mol. The van der Waals surface area contributed by atoms with Gasteiger partial charge >= 0.3 is 6.18 Å². The van der Waals surface area contributed by atoms with Crippen LogP contribution in [0.5, 0.6) is 0 Å². The van der Waals surface area contributed by atoms with E-state index in [1.54, 1.807) is 0 Å². The van der Waals surface area contributed by atoms with Gasteiger partial charge in [0.25, 0.3) is 0 Å². The SMILES string of the molecule is O=S1(=O)CC(O)C(Nc2cccc(C(F)(F)F)c2)C1. The fourth-order valence-corrected chi connectivity index (χ4v) is 3.71. The molecular formula is C11H12F3NO3S. The average molecular weight is 295 g/mol. The molecule has 4 nitrogen and oxygen atoms in total. The molecule has 106 valence electrons. The van der Waals surface area contributed by atoms with Crippen LogP contribution in [0.1, 0.15) is 5.56 Å². The van der Waals surface area contributed by atoms with Crippen LogP contribution in [-0.4, -0.2) is 37.2 Å². The van der Waals surface area contributed by atoms with Gasteiger partial charge in [0.05, 0.1) is 29.2 Å². The molecule has 0 aromatic heterocycles. The maximum Gasteiger partial charge on any atom is 0.416 e. The van der Waals surface area contributed by atoms with Gasteiger partial charge in [0.2, 0.25) is 0 Å². The molecule has 2 N–H and O–H groups in total. The third-order valence-corrected chi connectivity index (χ3v) is 4.58. The summed E-state index contributed by atoms with van der Waals surface area (Å²) in [7, 11) is -3.34. The Kier molecular flexibility index (Phi) is 3.48. The lowest BCUT2D eigenvalue weighted by Gasteiger charge is -2.17. The quantitative estimate of drug-likeness (QED) is 0.862. The van der Waals surface area contributed by atoms with Gasteiger partial charge in [-0.2, -0.15) is 13.2 Å². The molecule has 1 fully saturated rings. The second kappa shape index (κ2) is 4.68. The maximum atomic E-state index is 12.5. The minimum atomic E-state index is -4.46. The van der Waals surface area contributed by atoms with E-state index >= 15 is 0 Å². The molecule has 0 saturated carbocycles. The van der Waals surface area contributed by atoms with Crippen LogP contribution in [0, 0.1) is 0 Å². The first-order valence-corrected chi connectivity index (χ1v) is 7.32. The van der Waals surface area contributed by atoms with Gasteiger partial charge in [-0.3, -0.25) is 0 Å². The number of alkyl halides is 3. The fourth-order valence-electron chi connectivity index (χ4n) is 1.97. The Labute approximate surface area is 108 Å². The molecule has 1 aromatic carbocycles. The molecule has 19 heavy (non-hydrogen) atoms. The smallest absolute Gasteiger partial charge is 0.390 e. The number of aliphatic hydroxyl groups excluding tert-OH is 1. The van der Waals surface area contributed by atoms with Gasteiger partial charge in [-0.15, -0.1) is 0 Å². The van der Waals surface area contributed by atoms with Gasteiger partial charge in [-0.1, -0.05) is 6.07 Å². The molecule has 1 aliphatic rings. The number of rotatable bonds is 2. The minimum absolute atomic E-state index is 0.135. The summed E-state index contributed by atoms with van der Waals surface area (Å²) in [5, 5.41) is 12.2. The minimum Gasteiger partial charge on any atom is -0.390 e. The number of aliphatic hydroxyl groups is 1. The van der Waals surface area contributed by atoms with Gasteiger partial charge in [0, 0.05) is 5.69 Å². The molecule has 2 unspecified atom stereocenters. The number of hydrogen-bond acceptors (Lipinski definition) is 4. The molecule has 1 saturated heterocycles. The highest BCUT2D eigenvalue weighted by molar-refractivity contribution is 7.91. The first-order chi connectivity index (χ1) is 8.67. The Morgan fingerprint density at radius 3 is 2.47 bits per heavy atom. The topological polar surface area (TPSA) is 66.4 Å². The van der Waals surface area contributed by atoms with Crippen molar-refractivity contribution in [2.24, 2.45) is 0 Å². The van der Waals surface area contributed by atoms with Crippen LogP contribution in [0.15, 0.2) is 24.3 Å². The summed E-state index contributed by atoms with van der Waals surface area (Å²) in [5.74, 6) is -0.659. The van der Waals surface area contributed by atoms with Crippen molar-refractivity contribution < 1.29 is 26.7 Å². The van der Waals surface area contributed by atoms with E-state index in [0.717, 1.165) is 12.1 Å². The van der Waals surface area contributed by atoms with E-state index in [2.05, 4.69) is 5.32 Å². The predicted molar refractivity (Wildman–Crippen MR) is 63.5 cm³/mol. The Morgan fingerprint density at radius 1 is 1.26 bits per heavy atom. The summed E-state index contributed by atoms with van der Waals surface area (Å²) < 4.78 is 60.1. The molecule has 1 aliphatic heterocycles. The second-order valence-corrected chi connectivity index (χ2v) is 6.63. The van der Waals surface area contributed by atoms with Crippen LogP contribution < -0.4 is 5.32 Å². The fraction of sp³-hybridized carbons (Fsp3) is 0.455. The molecule has 0 bridgehead atoms. The zero-order chi connectivity index (χ0) is 14.3. The number of nitrogens with one attached hydrogen (secondary N) is 1. The normalized spacial score (nSPS) is 26.3. The summed E-state index contributed by atoms with van der Waals surface area (Å²) in [6.07, 6.45) is -5.57. The molecular weight excluding hydrogens is 283 g/mol. The highest BCUT2D eigenvalue weighted by atomic mass is 32.2. The first kappa shape index (κ1) is 14.1. The highest BCUT2D eigenvalue weighted by Crippen LogP contribution is 2.31. The lowest BCUT2D eigenvalue weighted by atomic mass is 10.1. The number of hydrogen-bond donors (Lipinski definition) is 2. The largest absolute Gasteiger partial charge is 0.416 e. The summed E-state index contributed by atoms with van der Waals surface area (Å²) in [6, 6.07) is 3.65. The summed E-state index contributed by atoms with van der Waals surface area (Å²) in [6.45, 7) is 0. The van der Waals surface area contributed by atoms with Crippen LogP contribution in [0.2, 0.25) is 0 Å². The first-order valence-electron chi connectivity index (χ1n) is 5.50. The summed E-state index contributed by atoms with van der Waals surface area (Å²) >= 11 is 0. The number of halogens is 3. The Balaban J connectivity index is 2.16. The van der Waals surface area contributed by atoms with Gasteiger partial charge in [-0.05, 0) is 18.2 Å². The van der Waals surface area contributed by atoms with Crippen LogP contribution in [0.25, 0.3) is 0 Å². The van der Waals surface area contributed by atoms with E-state index in [4.69, 9.17) is 0 Å². The van der Waals surface area contributed by atoms with E-state index in [1.807, 2.05) is 0 Å². The molecule has 2 atom stereocenters. The standard InChI is InChI=1S/C11H12F3NO3S/c12-11(13,14)7-2-1-3-8(4-7)15-9-5-19(17,18)6-10(9)16/h1-4,9-10,15-16H,5-6H2. The van der Waals surface area contributed by atoms with Gasteiger partial charge in [0.1, 0.15) is 0 Å². The van der Waals surface area contributed by atoms with E-state index in [9.17, 15) is 26.7 Å². The van der Waals surface area contributed by atoms with Crippen molar-refractivity contribution in [2.75, 3.05) is 16.8 Å². The second-order valence-electron chi connectivity index (χ2n) is 4.47. The van der Waals surface area contributed by atoms with E-state index < -0.39 is 33.7 Å². The zero-order valence-corrected chi connectivity index (χ0v) is 10.5. The van der Waals surface area contributed by atoms with Crippen LogP contribution in [-0.2, 0) is 16.0 Å². The lowest BCUT2D eigenvalue weighted by molar-refractivity contribution is -0.137. The van der Waals surface area contributed by atoms with Crippen LogP contribution in [0.3, 0.4) is 0 Å². The molecule has 1 heterocycles. The zero-order valence-electron chi connectivity index (χ0n) is 9.68. The predicted octanol–water partition coefficient (Wildman–Crippen LogP) is 1.28. The third kappa shape index (κ3) is 3.38. The summed E-state index contributed by atoms with van der Waals surface area (Å²) in [5.41, 5.74) is -0.691. The van der Waals surface area contributed by atoms with Crippen LogP contribution >= 0.6 is 0 Å². The molecule has 0 spiro atoms. The molecule has 0 amide bonds. The molecule has 2 rings (SSSR count). The van der Waals surface area contributed by atoms with E-state index in [0.29, 0.717) is 0 Å². The molecule has 1 aromatic rings. The van der Waals surface area contributed by atoms with Crippen molar-refractivity contribution in [3.05, 3.63) is 29.8 Å². The summed E-state index contributed by atoms with van der Waals surface area (Å²) in [4.78, 5) is 0. The van der Waals surface area contributed by atoms with Crippen molar-refractivity contribution in [1.82, 2.24) is 0 Å². The van der Waals surface area contributed by atoms with Gasteiger partial charge in [0.15, 0.2) is 9.84 Å². The maximum absolute atomic E-state index is 12.5. The highest BCUT2D eigenvalue weighted by Gasteiger charge is 2.37. The van der Waals surface area contributed by atoms with Crippen molar-refractivity contribution in [2.45, 2.75) is 18.3 Å². The van der Waals surface area contributed by atoms with Crippen LogP contribution in [0.4, 0.5) is 18.9 Å². The lowest BCUT2D eigenvalue weighted by Crippen LogP contribution is -2.31. The van der Waals surface area contributed by atoms with E-state index in [1.165, 1.54) is 12.1 Å². The molecule has 8 heteroatoms.